The van der Waals surface area contributed by atoms with Crippen molar-refractivity contribution < 1.29 is 4.79 Å². The van der Waals surface area contributed by atoms with E-state index in [1.54, 1.807) is 7.05 Å². The predicted molar refractivity (Wildman–Crippen MR) is 90.2 cm³/mol. The van der Waals surface area contributed by atoms with Crippen molar-refractivity contribution in [2.45, 2.75) is 33.2 Å². The Morgan fingerprint density at radius 1 is 1.48 bits per heavy atom. The van der Waals surface area contributed by atoms with Crippen LogP contribution in [0.2, 0.25) is 0 Å². The molecule has 0 aromatic carbocycles. The van der Waals surface area contributed by atoms with Gasteiger partial charge in [-0.25, -0.2) is 14.8 Å². The number of likely N-dealkylation sites (tertiary alicyclic amines) is 1. The summed E-state index contributed by atoms with van der Waals surface area (Å²) < 4.78 is 2.25. The summed E-state index contributed by atoms with van der Waals surface area (Å²) in [6, 6.07) is 3.97. The molecule has 1 N–H and O–H groups in total. The van der Waals surface area contributed by atoms with E-state index in [1.807, 2.05) is 23.2 Å². The van der Waals surface area contributed by atoms with Crippen LogP contribution in [0, 0.1) is 11.8 Å². The molecule has 3 heterocycles. The summed E-state index contributed by atoms with van der Waals surface area (Å²) in [6.45, 7) is 6.97. The van der Waals surface area contributed by atoms with Crippen LogP contribution in [0.4, 0.5) is 4.79 Å². The van der Waals surface area contributed by atoms with E-state index in [9.17, 15) is 4.79 Å². The Balaban J connectivity index is 1.81. The molecule has 1 aliphatic rings. The van der Waals surface area contributed by atoms with Gasteiger partial charge in [0.05, 0.1) is 0 Å². The maximum absolute atomic E-state index is 11.7. The van der Waals surface area contributed by atoms with Gasteiger partial charge in [-0.05, 0) is 30.4 Å². The first-order chi connectivity index (χ1) is 11.1. The zero-order chi connectivity index (χ0) is 16.4. The van der Waals surface area contributed by atoms with E-state index < -0.39 is 0 Å². The van der Waals surface area contributed by atoms with Crippen LogP contribution in [0.3, 0.4) is 0 Å². The van der Waals surface area contributed by atoms with Crippen molar-refractivity contribution in [3.8, 4) is 0 Å². The average molecular weight is 315 g/mol. The first-order valence-electron chi connectivity index (χ1n) is 8.35. The molecule has 2 aromatic rings. The Morgan fingerprint density at radius 3 is 3.04 bits per heavy atom. The number of amides is 2. The van der Waals surface area contributed by atoms with Crippen LogP contribution in [0.25, 0.3) is 11.2 Å². The Morgan fingerprint density at radius 2 is 2.30 bits per heavy atom. The maximum Gasteiger partial charge on any atom is 0.317 e. The molecule has 6 nitrogen and oxygen atoms in total. The molecule has 1 unspecified atom stereocenters. The Hall–Kier alpha value is -2.11. The average Bonchev–Trinajstić information content (AvgIpc) is 3.12. The minimum Gasteiger partial charge on any atom is -0.341 e. The molecule has 0 aliphatic carbocycles. The number of nitrogens with one attached hydrogen (secondary N) is 1. The highest BCUT2D eigenvalue weighted by atomic mass is 16.2. The van der Waals surface area contributed by atoms with E-state index in [-0.39, 0.29) is 6.03 Å². The number of urea groups is 1. The minimum absolute atomic E-state index is 0.0184. The van der Waals surface area contributed by atoms with Crippen molar-refractivity contribution in [1.29, 1.82) is 0 Å². The van der Waals surface area contributed by atoms with E-state index in [4.69, 9.17) is 4.98 Å². The summed E-state index contributed by atoms with van der Waals surface area (Å²) in [5.41, 5.74) is 1.93. The van der Waals surface area contributed by atoms with E-state index in [0.717, 1.165) is 49.5 Å². The van der Waals surface area contributed by atoms with Gasteiger partial charge in [0.15, 0.2) is 5.65 Å². The van der Waals surface area contributed by atoms with Crippen LogP contribution in [0.1, 0.15) is 26.1 Å². The lowest BCUT2D eigenvalue weighted by molar-refractivity contribution is 0.209. The SMILES string of the molecule is CNC(=O)N1CCC(Cc2nc3cccnc3n2CC(C)C)C1. The summed E-state index contributed by atoms with van der Waals surface area (Å²) in [5.74, 6) is 2.10. The van der Waals surface area contributed by atoms with Crippen molar-refractivity contribution >= 4 is 17.2 Å². The van der Waals surface area contributed by atoms with Gasteiger partial charge < -0.3 is 14.8 Å². The fourth-order valence-electron chi connectivity index (χ4n) is 3.32. The fraction of sp³-hybridized carbons (Fsp3) is 0.588. The van der Waals surface area contributed by atoms with Crippen LogP contribution in [-0.4, -0.2) is 45.6 Å². The minimum atomic E-state index is 0.0184. The van der Waals surface area contributed by atoms with Crippen molar-refractivity contribution in [2.75, 3.05) is 20.1 Å². The number of carbonyl (C=O) groups excluding carboxylic acids is 1. The van der Waals surface area contributed by atoms with Gasteiger partial charge >= 0.3 is 6.03 Å². The molecule has 23 heavy (non-hydrogen) atoms. The van der Waals surface area contributed by atoms with Crippen LogP contribution < -0.4 is 5.32 Å². The molecule has 1 fully saturated rings. The van der Waals surface area contributed by atoms with Crippen molar-refractivity contribution in [2.24, 2.45) is 11.8 Å². The zero-order valence-electron chi connectivity index (χ0n) is 14.1. The number of aromatic nitrogens is 3. The summed E-state index contributed by atoms with van der Waals surface area (Å²) in [4.78, 5) is 22.9. The highest BCUT2D eigenvalue weighted by Crippen LogP contribution is 2.23. The third-order valence-electron chi connectivity index (χ3n) is 4.39. The zero-order valence-corrected chi connectivity index (χ0v) is 14.1. The van der Waals surface area contributed by atoms with Gasteiger partial charge in [0.25, 0.3) is 0 Å². The standard InChI is InChI=1S/C17H25N5O/c1-12(2)10-22-15(20-14-5-4-7-19-16(14)22)9-13-6-8-21(11-13)17(23)18-3/h4-5,7,12-13H,6,8-11H2,1-3H3,(H,18,23). The van der Waals surface area contributed by atoms with Crippen LogP contribution in [0.5, 0.6) is 0 Å². The van der Waals surface area contributed by atoms with Gasteiger partial charge in [0, 0.05) is 39.3 Å². The topological polar surface area (TPSA) is 63.1 Å². The summed E-state index contributed by atoms with van der Waals surface area (Å²) in [5, 5.41) is 2.71. The number of carbonyl (C=O) groups is 1. The molecular weight excluding hydrogens is 290 g/mol. The second-order valence-corrected chi connectivity index (χ2v) is 6.74. The number of fused-ring (bicyclic) bond motifs is 1. The monoisotopic (exact) mass is 315 g/mol. The summed E-state index contributed by atoms with van der Waals surface area (Å²) in [7, 11) is 1.68. The Labute approximate surface area is 136 Å². The van der Waals surface area contributed by atoms with E-state index in [2.05, 4.69) is 28.7 Å². The first-order valence-corrected chi connectivity index (χ1v) is 8.35. The third kappa shape index (κ3) is 3.30. The lowest BCUT2D eigenvalue weighted by Gasteiger charge is -2.16. The van der Waals surface area contributed by atoms with Crippen molar-refractivity contribution in [1.82, 2.24) is 24.8 Å². The Kier molecular flexibility index (Phi) is 4.50. The molecule has 6 heteroatoms. The molecule has 1 aliphatic heterocycles. The van der Waals surface area contributed by atoms with Crippen LogP contribution in [-0.2, 0) is 13.0 Å². The van der Waals surface area contributed by atoms with Crippen molar-refractivity contribution in [3.05, 3.63) is 24.2 Å². The quantitative estimate of drug-likeness (QED) is 0.941. The summed E-state index contributed by atoms with van der Waals surface area (Å²) in [6.07, 6.45) is 3.76. The number of hydrogen-bond donors (Lipinski definition) is 1. The Bertz CT molecular complexity index is 693. The predicted octanol–water partition coefficient (Wildman–Crippen LogP) is 2.29. The maximum atomic E-state index is 11.7. The third-order valence-corrected chi connectivity index (χ3v) is 4.39. The van der Waals surface area contributed by atoms with Gasteiger partial charge in [-0.3, -0.25) is 0 Å². The van der Waals surface area contributed by atoms with E-state index in [1.165, 1.54) is 0 Å². The van der Waals surface area contributed by atoms with E-state index in [0.29, 0.717) is 11.8 Å². The number of rotatable bonds is 4. The highest BCUT2D eigenvalue weighted by Gasteiger charge is 2.27. The van der Waals surface area contributed by atoms with Gasteiger partial charge in [-0.1, -0.05) is 13.8 Å². The number of imidazole rings is 1. The molecule has 0 bridgehead atoms. The molecule has 1 atom stereocenters. The smallest absolute Gasteiger partial charge is 0.317 e. The highest BCUT2D eigenvalue weighted by molar-refractivity contribution is 5.74. The molecule has 1 saturated heterocycles. The second kappa shape index (κ2) is 6.56. The molecule has 0 radical (unpaired) electrons. The van der Waals surface area contributed by atoms with Crippen LogP contribution >= 0.6 is 0 Å². The molecule has 3 rings (SSSR count). The van der Waals surface area contributed by atoms with E-state index >= 15 is 0 Å². The van der Waals surface area contributed by atoms with Gasteiger partial charge in [0.1, 0.15) is 11.3 Å². The normalized spacial score (nSPS) is 18.1. The van der Waals surface area contributed by atoms with Gasteiger partial charge in [-0.2, -0.15) is 0 Å². The van der Waals surface area contributed by atoms with Gasteiger partial charge in [0.2, 0.25) is 0 Å². The fourth-order valence-corrected chi connectivity index (χ4v) is 3.32. The molecule has 0 saturated carbocycles. The number of pyridine rings is 1. The lowest BCUT2D eigenvalue weighted by Crippen LogP contribution is -2.36. The molecule has 2 amide bonds. The number of nitrogens with zero attached hydrogens (tertiary/aromatic N) is 4. The van der Waals surface area contributed by atoms with Crippen molar-refractivity contribution in [3.63, 3.8) is 0 Å². The molecule has 2 aromatic heterocycles. The lowest BCUT2D eigenvalue weighted by atomic mass is 10.0. The molecular formula is C17H25N5O. The summed E-state index contributed by atoms with van der Waals surface area (Å²) >= 11 is 0. The molecule has 0 spiro atoms. The first kappa shape index (κ1) is 15.8. The largest absolute Gasteiger partial charge is 0.341 e. The molecule has 124 valence electrons. The van der Waals surface area contributed by atoms with Gasteiger partial charge in [-0.15, -0.1) is 0 Å². The number of hydrogen-bond acceptors (Lipinski definition) is 3. The second-order valence-electron chi connectivity index (χ2n) is 6.74. The van der Waals surface area contributed by atoms with Crippen LogP contribution in [0.15, 0.2) is 18.3 Å².